The molecule has 0 aliphatic carbocycles. The SMILES string of the molecule is O=C(O)c1cnc(SCc2ccc(F)cc2C(F)(F)F)n1-c1ccc(F)cc1. The van der Waals surface area contributed by atoms with Crippen LogP contribution in [0.4, 0.5) is 22.0 Å². The maximum Gasteiger partial charge on any atom is 0.416 e. The number of nitrogens with zero attached hydrogens (tertiary/aromatic N) is 2. The minimum Gasteiger partial charge on any atom is -0.477 e. The van der Waals surface area contributed by atoms with Crippen LogP contribution in [0.1, 0.15) is 21.6 Å². The van der Waals surface area contributed by atoms with Gasteiger partial charge < -0.3 is 5.11 Å². The number of hydrogen-bond acceptors (Lipinski definition) is 3. The molecule has 3 aromatic rings. The molecule has 0 radical (unpaired) electrons. The van der Waals surface area contributed by atoms with E-state index in [9.17, 15) is 31.9 Å². The highest BCUT2D eigenvalue weighted by molar-refractivity contribution is 7.98. The molecule has 0 atom stereocenters. The lowest BCUT2D eigenvalue weighted by molar-refractivity contribution is -0.138. The highest BCUT2D eigenvalue weighted by Crippen LogP contribution is 2.35. The molecular formula is C18H11F5N2O2S. The number of benzene rings is 2. The van der Waals surface area contributed by atoms with Crippen LogP contribution in [0.5, 0.6) is 0 Å². The van der Waals surface area contributed by atoms with Gasteiger partial charge in [-0.15, -0.1) is 0 Å². The third kappa shape index (κ3) is 4.16. The Bertz CT molecular complexity index is 1020. The van der Waals surface area contributed by atoms with E-state index in [0.29, 0.717) is 6.07 Å². The van der Waals surface area contributed by atoms with E-state index in [1.54, 1.807) is 0 Å². The van der Waals surface area contributed by atoms with E-state index >= 15 is 0 Å². The summed E-state index contributed by atoms with van der Waals surface area (Å²) in [5.41, 5.74) is -1.24. The molecule has 0 bridgehead atoms. The zero-order valence-corrected chi connectivity index (χ0v) is 14.7. The van der Waals surface area contributed by atoms with Crippen LogP contribution in [0, 0.1) is 11.6 Å². The fourth-order valence-corrected chi connectivity index (χ4v) is 3.50. The molecule has 0 aliphatic rings. The molecule has 28 heavy (non-hydrogen) atoms. The molecule has 0 amide bonds. The average Bonchev–Trinajstić information content (AvgIpc) is 3.05. The predicted molar refractivity (Wildman–Crippen MR) is 91.4 cm³/mol. The monoisotopic (exact) mass is 414 g/mol. The lowest BCUT2D eigenvalue weighted by atomic mass is 10.1. The molecule has 0 saturated carbocycles. The molecule has 146 valence electrons. The van der Waals surface area contributed by atoms with E-state index in [1.807, 2.05) is 0 Å². The van der Waals surface area contributed by atoms with Crippen LogP contribution < -0.4 is 0 Å². The van der Waals surface area contributed by atoms with Gasteiger partial charge in [0.15, 0.2) is 10.9 Å². The number of thioether (sulfide) groups is 1. The van der Waals surface area contributed by atoms with Gasteiger partial charge in [0.2, 0.25) is 0 Å². The first-order valence-electron chi connectivity index (χ1n) is 7.72. The predicted octanol–water partition coefficient (Wildman–Crippen LogP) is 5.16. The molecule has 1 heterocycles. The van der Waals surface area contributed by atoms with Gasteiger partial charge in [-0.1, -0.05) is 17.8 Å². The van der Waals surface area contributed by atoms with E-state index in [4.69, 9.17) is 0 Å². The topological polar surface area (TPSA) is 55.1 Å². The van der Waals surface area contributed by atoms with Crippen molar-refractivity contribution in [1.29, 1.82) is 0 Å². The van der Waals surface area contributed by atoms with Gasteiger partial charge in [-0.05, 0) is 42.0 Å². The molecule has 0 aliphatic heterocycles. The summed E-state index contributed by atoms with van der Waals surface area (Å²) in [4.78, 5) is 15.4. The van der Waals surface area contributed by atoms with Crippen molar-refractivity contribution >= 4 is 17.7 Å². The second kappa shape index (κ2) is 7.63. The fourth-order valence-electron chi connectivity index (χ4n) is 2.51. The van der Waals surface area contributed by atoms with Crippen molar-refractivity contribution in [2.45, 2.75) is 17.1 Å². The van der Waals surface area contributed by atoms with E-state index in [-0.39, 0.29) is 27.9 Å². The molecule has 0 spiro atoms. The molecule has 10 heteroatoms. The number of halogens is 5. The summed E-state index contributed by atoms with van der Waals surface area (Å²) in [6.07, 6.45) is -3.68. The summed E-state index contributed by atoms with van der Waals surface area (Å²) in [6, 6.07) is 7.24. The first-order valence-corrected chi connectivity index (χ1v) is 8.71. The van der Waals surface area contributed by atoms with Crippen LogP contribution in [0.3, 0.4) is 0 Å². The molecule has 0 fully saturated rings. The summed E-state index contributed by atoms with van der Waals surface area (Å²) >= 11 is 0.846. The Morgan fingerprint density at radius 2 is 1.71 bits per heavy atom. The summed E-state index contributed by atoms with van der Waals surface area (Å²) in [6.45, 7) is 0. The van der Waals surface area contributed by atoms with Crippen molar-refractivity contribution in [3.8, 4) is 5.69 Å². The van der Waals surface area contributed by atoms with Gasteiger partial charge in [0.05, 0.1) is 11.8 Å². The maximum atomic E-state index is 13.2. The standard InChI is InChI=1S/C18H11F5N2O2S/c19-11-3-5-13(6-4-11)25-15(16(26)27)8-24-17(25)28-9-10-1-2-12(20)7-14(10)18(21,22)23/h1-8H,9H2,(H,26,27). The van der Waals surface area contributed by atoms with Crippen LogP contribution >= 0.6 is 11.8 Å². The Balaban J connectivity index is 1.97. The fraction of sp³-hybridized carbons (Fsp3) is 0.111. The van der Waals surface area contributed by atoms with Gasteiger partial charge in [-0.2, -0.15) is 13.2 Å². The molecule has 4 nitrogen and oxygen atoms in total. The second-order valence-electron chi connectivity index (χ2n) is 5.63. The summed E-state index contributed by atoms with van der Waals surface area (Å²) in [7, 11) is 0. The van der Waals surface area contributed by atoms with Gasteiger partial charge in [-0.25, -0.2) is 18.6 Å². The van der Waals surface area contributed by atoms with E-state index < -0.39 is 29.3 Å². The number of aromatic carboxylic acids is 1. The van der Waals surface area contributed by atoms with Crippen molar-refractivity contribution in [1.82, 2.24) is 9.55 Å². The number of imidazole rings is 1. The molecule has 1 aromatic heterocycles. The number of hydrogen-bond donors (Lipinski definition) is 1. The van der Waals surface area contributed by atoms with Crippen molar-refractivity contribution < 1.29 is 31.9 Å². The van der Waals surface area contributed by atoms with Crippen LogP contribution in [0.2, 0.25) is 0 Å². The zero-order chi connectivity index (χ0) is 20.5. The smallest absolute Gasteiger partial charge is 0.416 e. The number of rotatable bonds is 5. The molecule has 0 unspecified atom stereocenters. The number of carbonyl (C=O) groups is 1. The van der Waals surface area contributed by atoms with Gasteiger partial charge in [0.25, 0.3) is 0 Å². The Morgan fingerprint density at radius 3 is 2.32 bits per heavy atom. The summed E-state index contributed by atoms with van der Waals surface area (Å²) in [5, 5.41) is 9.43. The molecule has 3 rings (SSSR count). The Hall–Kier alpha value is -2.88. The minimum atomic E-state index is -4.74. The van der Waals surface area contributed by atoms with Crippen LogP contribution in [0.25, 0.3) is 5.69 Å². The van der Waals surface area contributed by atoms with Crippen LogP contribution in [-0.4, -0.2) is 20.6 Å². The van der Waals surface area contributed by atoms with E-state index in [1.165, 1.54) is 16.7 Å². The van der Waals surface area contributed by atoms with Gasteiger partial charge in [0.1, 0.15) is 11.6 Å². The molecular weight excluding hydrogens is 403 g/mol. The quantitative estimate of drug-likeness (QED) is 0.463. The highest BCUT2D eigenvalue weighted by Gasteiger charge is 2.33. The largest absolute Gasteiger partial charge is 0.477 e. The lowest BCUT2D eigenvalue weighted by Gasteiger charge is -2.13. The third-order valence-corrected chi connectivity index (χ3v) is 4.77. The van der Waals surface area contributed by atoms with Crippen molar-refractivity contribution in [2.24, 2.45) is 0 Å². The summed E-state index contributed by atoms with van der Waals surface area (Å²) < 4.78 is 67.0. The highest BCUT2D eigenvalue weighted by atomic mass is 32.2. The molecule has 0 saturated heterocycles. The van der Waals surface area contributed by atoms with Crippen LogP contribution in [0.15, 0.2) is 53.8 Å². The lowest BCUT2D eigenvalue weighted by Crippen LogP contribution is -2.10. The van der Waals surface area contributed by atoms with Gasteiger partial charge in [-0.3, -0.25) is 4.57 Å². The number of alkyl halides is 3. The van der Waals surface area contributed by atoms with Gasteiger partial charge >= 0.3 is 12.1 Å². The minimum absolute atomic E-state index is 0.0986. The molecule has 1 N–H and O–H groups in total. The summed E-state index contributed by atoms with van der Waals surface area (Å²) in [5.74, 6) is -3.08. The number of carboxylic acid groups (broad SMARTS) is 1. The van der Waals surface area contributed by atoms with E-state index in [0.717, 1.165) is 42.2 Å². The Morgan fingerprint density at radius 1 is 1.07 bits per heavy atom. The van der Waals surface area contributed by atoms with Crippen molar-refractivity contribution in [2.75, 3.05) is 0 Å². The normalized spacial score (nSPS) is 11.6. The van der Waals surface area contributed by atoms with Crippen LogP contribution in [-0.2, 0) is 11.9 Å². The molecule has 2 aromatic carbocycles. The second-order valence-corrected chi connectivity index (χ2v) is 6.57. The Labute approximate surface area is 159 Å². The number of aromatic nitrogens is 2. The van der Waals surface area contributed by atoms with Crippen molar-refractivity contribution in [3.63, 3.8) is 0 Å². The zero-order valence-electron chi connectivity index (χ0n) is 13.9. The van der Waals surface area contributed by atoms with Crippen molar-refractivity contribution in [3.05, 3.63) is 77.1 Å². The first-order chi connectivity index (χ1) is 13.2. The maximum absolute atomic E-state index is 13.2. The number of carboxylic acids is 1. The van der Waals surface area contributed by atoms with E-state index in [2.05, 4.69) is 4.98 Å². The first kappa shape index (κ1) is 19.9. The third-order valence-electron chi connectivity index (χ3n) is 3.77. The average molecular weight is 414 g/mol. The van der Waals surface area contributed by atoms with Gasteiger partial charge in [0, 0.05) is 11.4 Å². The Kier molecular flexibility index (Phi) is 5.41.